The molecule has 2 aliphatic heterocycles. The van der Waals surface area contributed by atoms with Crippen LogP contribution in [-0.4, -0.2) is 34.7 Å². The highest BCUT2D eigenvalue weighted by molar-refractivity contribution is 7.99. The van der Waals surface area contributed by atoms with Gasteiger partial charge < -0.3 is 4.74 Å². The summed E-state index contributed by atoms with van der Waals surface area (Å²) in [5, 5.41) is 0. The van der Waals surface area contributed by atoms with Crippen LogP contribution in [0.5, 0.6) is 0 Å². The van der Waals surface area contributed by atoms with Crippen molar-refractivity contribution in [1.29, 1.82) is 0 Å². The van der Waals surface area contributed by atoms with E-state index in [-0.39, 0.29) is 11.6 Å². The normalized spacial score (nSPS) is 31.6. The lowest BCUT2D eigenvalue weighted by molar-refractivity contribution is -0.0851. The van der Waals surface area contributed by atoms with Crippen LogP contribution in [0, 0.1) is 5.92 Å². The Morgan fingerprint density at radius 2 is 2.50 bits per heavy atom. The summed E-state index contributed by atoms with van der Waals surface area (Å²) >= 11 is 2.02. The third-order valence-electron chi connectivity index (χ3n) is 4.54. The molecule has 110 valence electrons. The highest BCUT2D eigenvalue weighted by Gasteiger charge is 2.42. The van der Waals surface area contributed by atoms with Crippen molar-refractivity contribution in [2.24, 2.45) is 11.8 Å². The van der Waals surface area contributed by atoms with Gasteiger partial charge in [0, 0.05) is 36.7 Å². The lowest BCUT2D eigenvalue weighted by atomic mass is 9.80. The van der Waals surface area contributed by atoms with E-state index >= 15 is 0 Å². The first-order valence-electron chi connectivity index (χ1n) is 7.39. The second-order valence-electron chi connectivity index (χ2n) is 5.89. The molecule has 0 bridgehead atoms. The zero-order valence-corrected chi connectivity index (χ0v) is 12.6. The van der Waals surface area contributed by atoms with Gasteiger partial charge in [0.15, 0.2) is 0 Å². The predicted octanol–water partition coefficient (Wildman–Crippen LogP) is 1.76. The molecule has 3 heterocycles. The molecule has 3 N–H and O–H groups in total. The Morgan fingerprint density at radius 3 is 3.20 bits per heavy atom. The van der Waals surface area contributed by atoms with Crippen molar-refractivity contribution < 1.29 is 4.74 Å². The Bertz CT molecular complexity index is 422. The van der Waals surface area contributed by atoms with Gasteiger partial charge in [-0.2, -0.15) is 11.8 Å². The van der Waals surface area contributed by atoms with Crippen LogP contribution in [0.3, 0.4) is 0 Å². The molecule has 4 nitrogen and oxygen atoms in total. The quantitative estimate of drug-likeness (QED) is 0.654. The van der Waals surface area contributed by atoms with Gasteiger partial charge >= 0.3 is 0 Å². The highest BCUT2D eigenvalue weighted by Crippen LogP contribution is 2.41. The van der Waals surface area contributed by atoms with E-state index in [2.05, 4.69) is 16.5 Å². The van der Waals surface area contributed by atoms with E-state index in [0.717, 1.165) is 37.3 Å². The fourth-order valence-electron chi connectivity index (χ4n) is 3.38. The van der Waals surface area contributed by atoms with Crippen molar-refractivity contribution in [3.63, 3.8) is 0 Å². The van der Waals surface area contributed by atoms with Crippen LogP contribution in [-0.2, 0) is 11.2 Å². The largest absolute Gasteiger partial charge is 0.374 e. The fraction of sp³-hybridized carbons (Fsp3) is 0.667. The molecule has 3 rings (SSSR count). The molecule has 3 unspecified atom stereocenters. The van der Waals surface area contributed by atoms with Crippen molar-refractivity contribution in [1.82, 2.24) is 10.4 Å². The van der Waals surface area contributed by atoms with Crippen LogP contribution < -0.4 is 11.3 Å². The number of thioether (sulfide) groups is 1. The molecule has 0 amide bonds. The smallest absolute Gasteiger partial charge is 0.0783 e. The highest BCUT2D eigenvalue weighted by atomic mass is 32.2. The Balaban J connectivity index is 1.66. The molecule has 5 heteroatoms. The SMILES string of the molecule is NNC(Cc1ccccn1)C1CCOC2(CCSC2)C1. The Hall–Kier alpha value is -0.620. The summed E-state index contributed by atoms with van der Waals surface area (Å²) in [6.07, 6.45) is 6.15. The molecule has 3 atom stereocenters. The Labute approximate surface area is 124 Å². The number of nitrogens with zero attached hydrogens (tertiary/aromatic N) is 1. The van der Waals surface area contributed by atoms with Gasteiger partial charge in [0.25, 0.3) is 0 Å². The maximum Gasteiger partial charge on any atom is 0.0783 e. The zero-order valence-electron chi connectivity index (χ0n) is 11.8. The number of nitrogens with two attached hydrogens (primary N) is 1. The Morgan fingerprint density at radius 1 is 1.55 bits per heavy atom. The zero-order chi connectivity index (χ0) is 13.8. The molecule has 2 fully saturated rings. The van der Waals surface area contributed by atoms with Crippen molar-refractivity contribution in [2.75, 3.05) is 18.1 Å². The van der Waals surface area contributed by atoms with Crippen molar-refractivity contribution in [3.8, 4) is 0 Å². The molecule has 0 saturated carbocycles. The molecule has 1 aromatic rings. The average molecular weight is 293 g/mol. The third-order valence-corrected chi connectivity index (χ3v) is 5.76. The number of hydrazine groups is 1. The van der Waals surface area contributed by atoms with Gasteiger partial charge in [0.2, 0.25) is 0 Å². The summed E-state index contributed by atoms with van der Waals surface area (Å²) in [5.41, 5.74) is 4.25. The van der Waals surface area contributed by atoms with Gasteiger partial charge in [0.1, 0.15) is 0 Å². The number of pyridine rings is 1. The van der Waals surface area contributed by atoms with E-state index < -0.39 is 0 Å². The molecule has 2 saturated heterocycles. The lowest BCUT2D eigenvalue weighted by Gasteiger charge is -2.40. The van der Waals surface area contributed by atoms with Gasteiger partial charge in [0.05, 0.1) is 5.60 Å². The first-order chi connectivity index (χ1) is 9.81. The number of hydrogen-bond donors (Lipinski definition) is 2. The van der Waals surface area contributed by atoms with E-state index in [9.17, 15) is 0 Å². The molecule has 0 radical (unpaired) electrons. The van der Waals surface area contributed by atoms with Crippen LogP contribution in [0.15, 0.2) is 24.4 Å². The molecule has 0 aromatic carbocycles. The number of ether oxygens (including phenoxy) is 1. The minimum Gasteiger partial charge on any atom is -0.374 e. The van der Waals surface area contributed by atoms with E-state index in [0.29, 0.717) is 5.92 Å². The minimum absolute atomic E-state index is 0.118. The second kappa shape index (κ2) is 6.43. The fourth-order valence-corrected chi connectivity index (χ4v) is 4.76. The average Bonchev–Trinajstić information content (AvgIpc) is 2.93. The molecular formula is C15H23N3OS. The Kier molecular flexibility index (Phi) is 4.61. The van der Waals surface area contributed by atoms with E-state index in [4.69, 9.17) is 10.6 Å². The molecular weight excluding hydrogens is 270 g/mol. The van der Waals surface area contributed by atoms with Gasteiger partial charge in [-0.25, -0.2) is 0 Å². The molecule has 2 aliphatic rings. The third kappa shape index (κ3) is 3.17. The van der Waals surface area contributed by atoms with Crippen LogP contribution in [0.25, 0.3) is 0 Å². The number of hydrogen-bond acceptors (Lipinski definition) is 5. The van der Waals surface area contributed by atoms with Crippen LogP contribution >= 0.6 is 11.8 Å². The second-order valence-corrected chi connectivity index (χ2v) is 6.99. The molecule has 1 spiro atoms. The van der Waals surface area contributed by atoms with Gasteiger partial charge in [-0.3, -0.25) is 16.3 Å². The monoisotopic (exact) mass is 293 g/mol. The maximum atomic E-state index is 6.10. The van der Waals surface area contributed by atoms with Crippen molar-refractivity contribution in [2.45, 2.75) is 37.3 Å². The summed E-state index contributed by atoms with van der Waals surface area (Å²) in [6, 6.07) is 6.35. The summed E-state index contributed by atoms with van der Waals surface area (Å²) in [7, 11) is 0. The van der Waals surface area contributed by atoms with Crippen molar-refractivity contribution in [3.05, 3.63) is 30.1 Å². The summed E-state index contributed by atoms with van der Waals surface area (Å²) < 4.78 is 6.10. The summed E-state index contributed by atoms with van der Waals surface area (Å²) in [6.45, 7) is 0.867. The van der Waals surface area contributed by atoms with E-state index in [1.165, 1.54) is 12.2 Å². The van der Waals surface area contributed by atoms with E-state index in [1.54, 1.807) is 0 Å². The number of nitrogens with one attached hydrogen (secondary N) is 1. The van der Waals surface area contributed by atoms with Crippen LogP contribution in [0.4, 0.5) is 0 Å². The molecule has 1 aromatic heterocycles. The minimum atomic E-state index is 0.118. The van der Waals surface area contributed by atoms with Gasteiger partial charge in [-0.15, -0.1) is 0 Å². The maximum absolute atomic E-state index is 6.10. The van der Waals surface area contributed by atoms with Crippen LogP contribution in [0.2, 0.25) is 0 Å². The summed E-state index contributed by atoms with van der Waals surface area (Å²) in [4.78, 5) is 4.42. The van der Waals surface area contributed by atoms with Gasteiger partial charge in [-0.05, 0) is 43.1 Å². The first kappa shape index (κ1) is 14.3. The number of aromatic nitrogens is 1. The first-order valence-corrected chi connectivity index (χ1v) is 8.54. The summed E-state index contributed by atoms with van der Waals surface area (Å²) in [5.74, 6) is 8.77. The topological polar surface area (TPSA) is 60.2 Å². The predicted molar refractivity (Wildman–Crippen MR) is 82.4 cm³/mol. The molecule has 20 heavy (non-hydrogen) atoms. The van der Waals surface area contributed by atoms with Crippen molar-refractivity contribution >= 4 is 11.8 Å². The lowest BCUT2D eigenvalue weighted by Crippen LogP contribution is -2.49. The van der Waals surface area contributed by atoms with Crippen LogP contribution in [0.1, 0.15) is 25.0 Å². The number of rotatable bonds is 4. The molecule has 0 aliphatic carbocycles. The van der Waals surface area contributed by atoms with Gasteiger partial charge in [-0.1, -0.05) is 6.07 Å². The standard InChI is InChI=1S/C15H23N3OS/c16-18-14(9-13-3-1-2-6-17-13)12-4-7-19-15(10-12)5-8-20-11-15/h1-3,6,12,14,18H,4-5,7-11,16H2. The van der Waals surface area contributed by atoms with E-state index in [1.807, 2.05) is 30.1 Å².